The normalized spacial score (nSPS) is 14.2. The molecule has 1 aliphatic rings. The first-order valence-corrected chi connectivity index (χ1v) is 8.55. The van der Waals surface area contributed by atoms with E-state index >= 15 is 0 Å². The molecule has 0 spiro atoms. The highest BCUT2D eigenvalue weighted by molar-refractivity contribution is 6.36. The van der Waals surface area contributed by atoms with E-state index in [9.17, 15) is 9.59 Å². The zero-order chi connectivity index (χ0) is 18.8. The topological polar surface area (TPSA) is 49.4 Å². The number of anilines is 1. The average Bonchev–Trinajstić information content (AvgIpc) is 2.84. The molecule has 1 N–H and O–H groups in total. The standard InChI is InChI=1S/C22H22N2O2/c1-5-12-24-21(25)19(17-9-8-15(3)16(4)13-17)20(22(24)26)23-18-10-6-14(2)7-11-18/h5-11,13,23H,1,12H2,2-4H3. The lowest BCUT2D eigenvalue weighted by atomic mass is 9.99. The zero-order valence-corrected chi connectivity index (χ0v) is 15.3. The molecule has 2 aromatic rings. The van der Waals surface area contributed by atoms with Gasteiger partial charge in [0.25, 0.3) is 11.8 Å². The Morgan fingerprint density at radius 3 is 2.27 bits per heavy atom. The van der Waals surface area contributed by atoms with Gasteiger partial charge in [-0.2, -0.15) is 0 Å². The summed E-state index contributed by atoms with van der Waals surface area (Å²) in [5.74, 6) is -0.628. The molecule has 0 fully saturated rings. The second-order valence-corrected chi connectivity index (χ2v) is 6.55. The number of nitrogens with zero attached hydrogens (tertiary/aromatic N) is 1. The molecule has 0 saturated carbocycles. The minimum absolute atomic E-state index is 0.186. The second-order valence-electron chi connectivity index (χ2n) is 6.55. The predicted molar refractivity (Wildman–Crippen MR) is 105 cm³/mol. The fraction of sp³-hybridized carbons (Fsp3) is 0.182. The first-order chi connectivity index (χ1) is 12.4. The number of carbonyl (C=O) groups is 2. The van der Waals surface area contributed by atoms with Crippen molar-refractivity contribution < 1.29 is 9.59 Å². The SMILES string of the molecule is C=CCN1C(=O)C(Nc2ccc(C)cc2)=C(c2ccc(C)c(C)c2)C1=O. The highest BCUT2D eigenvalue weighted by atomic mass is 16.2. The van der Waals surface area contributed by atoms with Crippen LogP contribution in [-0.4, -0.2) is 23.3 Å². The van der Waals surface area contributed by atoms with E-state index in [1.165, 1.54) is 4.90 Å². The molecule has 3 rings (SSSR count). The maximum atomic E-state index is 12.9. The van der Waals surface area contributed by atoms with Crippen molar-refractivity contribution in [1.82, 2.24) is 4.90 Å². The number of benzene rings is 2. The van der Waals surface area contributed by atoms with Gasteiger partial charge in [-0.25, -0.2) is 0 Å². The van der Waals surface area contributed by atoms with Crippen LogP contribution in [0, 0.1) is 20.8 Å². The van der Waals surface area contributed by atoms with Crippen LogP contribution in [0.2, 0.25) is 0 Å². The molecule has 1 heterocycles. The van der Waals surface area contributed by atoms with E-state index < -0.39 is 0 Å². The Kier molecular flexibility index (Phi) is 4.76. The summed E-state index contributed by atoms with van der Waals surface area (Å²) in [5, 5.41) is 3.15. The van der Waals surface area contributed by atoms with Crippen molar-refractivity contribution in [3.05, 3.63) is 83.1 Å². The number of imide groups is 1. The highest BCUT2D eigenvalue weighted by Crippen LogP contribution is 2.31. The second kappa shape index (κ2) is 7.00. The minimum atomic E-state index is -0.330. The van der Waals surface area contributed by atoms with E-state index in [1.807, 2.05) is 63.2 Å². The van der Waals surface area contributed by atoms with Crippen molar-refractivity contribution in [2.45, 2.75) is 20.8 Å². The molecule has 0 saturated heterocycles. The fourth-order valence-corrected chi connectivity index (χ4v) is 2.93. The summed E-state index contributed by atoms with van der Waals surface area (Å²) in [6.45, 7) is 9.85. The molecule has 132 valence electrons. The lowest BCUT2D eigenvalue weighted by Crippen LogP contribution is -2.32. The minimum Gasteiger partial charge on any atom is -0.350 e. The third-order valence-electron chi connectivity index (χ3n) is 4.60. The van der Waals surface area contributed by atoms with Crippen molar-refractivity contribution in [3.8, 4) is 0 Å². The summed E-state index contributed by atoms with van der Waals surface area (Å²) in [4.78, 5) is 27.0. The maximum Gasteiger partial charge on any atom is 0.278 e. The molecule has 0 atom stereocenters. The van der Waals surface area contributed by atoms with Gasteiger partial charge < -0.3 is 5.32 Å². The number of amides is 2. The van der Waals surface area contributed by atoms with E-state index in [4.69, 9.17) is 0 Å². The third kappa shape index (κ3) is 3.18. The van der Waals surface area contributed by atoms with Crippen LogP contribution in [-0.2, 0) is 9.59 Å². The number of nitrogens with one attached hydrogen (secondary N) is 1. The molecule has 4 nitrogen and oxygen atoms in total. The number of carbonyl (C=O) groups excluding carboxylic acids is 2. The summed E-state index contributed by atoms with van der Waals surface area (Å²) in [6.07, 6.45) is 1.56. The number of hydrogen-bond donors (Lipinski definition) is 1. The van der Waals surface area contributed by atoms with Crippen LogP contribution in [0.1, 0.15) is 22.3 Å². The van der Waals surface area contributed by atoms with Crippen molar-refractivity contribution >= 4 is 23.1 Å². The summed E-state index contributed by atoms with van der Waals surface area (Å²) in [5.41, 5.74) is 5.57. The molecule has 26 heavy (non-hydrogen) atoms. The van der Waals surface area contributed by atoms with Crippen molar-refractivity contribution in [2.75, 3.05) is 11.9 Å². The Morgan fingerprint density at radius 2 is 1.65 bits per heavy atom. The summed E-state index contributed by atoms with van der Waals surface area (Å²) >= 11 is 0. The monoisotopic (exact) mass is 346 g/mol. The third-order valence-corrected chi connectivity index (χ3v) is 4.60. The fourth-order valence-electron chi connectivity index (χ4n) is 2.93. The molecule has 0 bridgehead atoms. The van der Waals surface area contributed by atoms with Gasteiger partial charge in [-0.15, -0.1) is 6.58 Å². The van der Waals surface area contributed by atoms with Crippen molar-refractivity contribution in [3.63, 3.8) is 0 Å². The Balaban J connectivity index is 2.10. The molecule has 0 radical (unpaired) electrons. The van der Waals surface area contributed by atoms with Crippen LogP contribution >= 0.6 is 0 Å². The van der Waals surface area contributed by atoms with Crippen LogP contribution in [0.3, 0.4) is 0 Å². The van der Waals surface area contributed by atoms with Crippen molar-refractivity contribution in [2.24, 2.45) is 0 Å². The molecule has 0 aromatic heterocycles. The average molecular weight is 346 g/mol. The molecular weight excluding hydrogens is 324 g/mol. The van der Waals surface area contributed by atoms with Crippen LogP contribution < -0.4 is 5.32 Å². The number of aryl methyl sites for hydroxylation is 3. The van der Waals surface area contributed by atoms with E-state index in [2.05, 4.69) is 11.9 Å². The Bertz CT molecular complexity index is 924. The quantitative estimate of drug-likeness (QED) is 0.658. The Morgan fingerprint density at radius 1 is 0.962 bits per heavy atom. The molecule has 1 aliphatic heterocycles. The van der Waals surface area contributed by atoms with Crippen LogP contribution in [0.15, 0.2) is 60.8 Å². The molecule has 4 heteroatoms. The molecule has 0 aliphatic carbocycles. The van der Waals surface area contributed by atoms with E-state index in [-0.39, 0.29) is 18.4 Å². The van der Waals surface area contributed by atoms with Gasteiger partial charge in [0.15, 0.2) is 0 Å². The van der Waals surface area contributed by atoms with Gasteiger partial charge in [0.1, 0.15) is 5.70 Å². The van der Waals surface area contributed by atoms with Crippen LogP contribution in [0.4, 0.5) is 5.69 Å². The van der Waals surface area contributed by atoms with E-state index in [0.29, 0.717) is 11.3 Å². The smallest absolute Gasteiger partial charge is 0.278 e. The lowest BCUT2D eigenvalue weighted by molar-refractivity contribution is -0.136. The zero-order valence-electron chi connectivity index (χ0n) is 15.3. The van der Waals surface area contributed by atoms with Gasteiger partial charge >= 0.3 is 0 Å². The van der Waals surface area contributed by atoms with Crippen LogP contribution in [0.5, 0.6) is 0 Å². The maximum absolute atomic E-state index is 12.9. The first-order valence-electron chi connectivity index (χ1n) is 8.55. The van der Waals surface area contributed by atoms with Gasteiger partial charge in [0.2, 0.25) is 0 Å². The highest BCUT2D eigenvalue weighted by Gasteiger charge is 2.38. The summed E-state index contributed by atoms with van der Waals surface area (Å²) in [6, 6.07) is 13.5. The molecular formula is C22H22N2O2. The van der Waals surface area contributed by atoms with E-state index in [1.54, 1.807) is 6.08 Å². The van der Waals surface area contributed by atoms with Gasteiger partial charge in [-0.3, -0.25) is 14.5 Å². The molecule has 0 unspecified atom stereocenters. The number of rotatable bonds is 5. The Labute approximate surface area is 153 Å². The lowest BCUT2D eigenvalue weighted by Gasteiger charge is -2.12. The summed E-state index contributed by atoms with van der Waals surface area (Å²) < 4.78 is 0. The van der Waals surface area contributed by atoms with Crippen LogP contribution in [0.25, 0.3) is 5.57 Å². The molecule has 2 aromatic carbocycles. The van der Waals surface area contributed by atoms with Gasteiger partial charge in [0, 0.05) is 12.2 Å². The van der Waals surface area contributed by atoms with Gasteiger partial charge in [-0.1, -0.05) is 42.0 Å². The molecule has 2 amide bonds. The van der Waals surface area contributed by atoms with Crippen molar-refractivity contribution in [1.29, 1.82) is 0 Å². The summed E-state index contributed by atoms with van der Waals surface area (Å²) in [7, 11) is 0. The van der Waals surface area contributed by atoms with Gasteiger partial charge in [-0.05, 0) is 49.6 Å². The van der Waals surface area contributed by atoms with Gasteiger partial charge in [0.05, 0.1) is 5.57 Å². The largest absolute Gasteiger partial charge is 0.350 e. The Hall–Kier alpha value is -3.14. The first kappa shape index (κ1) is 17.7. The predicted octanol–water partition coefficient (Wildman–Crippen LogP) is 3.99. The van der Waals surface area contributed by atoms with E-state index in [0.717, 1.165) is 27.9 Å². The number of hydrogen-bond acceptors (Lipinski definition) is 3.